The van der Waals surface area contributed by atoms with Gasteiger partial charge in [0.05, 0.1) is 12.4 Å². The van der Waals surface area contributed by atoms with Gasteiger partial charge in [0.2, 0.25) is 11.8 Å². The predicted molar refractivity (Wildman–Crippen MR) is 189 cm³/mol. The van der Waals surface area contributed by atoms with Gasteiger partial charge in [0.25, 0.3) is 0 Å². The van der Waals surface area contributed by atoms with Gasteiger partial charge in [0.15, 0.2) is 0 Å². The zero-order valence-electron chi connectivity index (χ0n) is 25.3. The number of hydrazone groups is 2. The molecule has 0 saturated heterocycles. The van der Waals surface area contributed by atoms with E-state index in [0.717, 1.165) is 44.0 Å². The van der Waals surface area contributed by atoms with E-state index in [1.807, 2.05) is 97.1 Å². The van der Waals surface area contributed by atoms with Crippen molar-refractivity contribution in [1.29, 1.82) is 0 Å². The van der Waals surface area contributed by atoms with Gasteiger partial charge in [-0.3, -0.25) is 9.59 Å². The van der Waals surface area contributed by atoms with Crippen LogP contribution < -0.4 is 20.3 Å². The third-order valence-electron chi connectivity index (χ3n) is 6.76. The number of unbranched alkanes of at least 4 members (excludes halogenated alkanes) is 3. The molecular weight excluding hydrogens is 712 g/mol. The predicted octanol–water partition coefficient (Wildman–Crippen LogP) is 8.31. The lowest BCUT2D eigenvalue weighted by Crippen LogP contribution is -2.17. The van der Waals surface area contributed by atoms with Gasteiger partial charge >= 0.3 is 0 Å². The molecule has 4 rings (SSSR count). The molecule has 4 aromatic rings. The van der Waals surface area contributed by atoms with Crippen LogP contribution in [0.3, 0.4) is 0 Å². The number of hydrogen-bond acceptors (Lipinski definition) is 6. The van der Waals surface area contributed by atoms with Crippen LogP contribution in [0.4, 0.5) is 0 Å². The Balaban J connectivity index is 1.10. The lowest BCUT2D eigenvalue weighted by atomic mass is 10.1. The number of nitrogens with zero attached hydrogens (tertiary/aromatic N) is 2. The molecular formula is C36H36Br2N4O4. The van der Waals surface area contributed by atoms with E-state index >= 15 is 0 Å². The van der Waals surface area contributed by atoms with E-state index in [1.165, 1.54) is 0 Å². The highest BCUT2D eigenvalue weighted by Gasteiger charge is 2.07. The SMILES string of the molecule is O=C(CCCCCCC(=O)N/N=C/c1cc(Br)ccc1OCc1ccccc1)N/N=C/c1cc(Br)ccc1OCc1ccccc1. The minimum Gasteiger partial charge on any atom is -0.488 e. The largest absolute Gasteiger partial charge is 0.488 e. The standard InChI is InChI=1S/C36H36Br2N4O4/c37-31-17-19-33(45-25-27-11-5-3-6-12-27)29(21-31)23-39-41-35(43)15-9-1-2-10-16-36(44)42-40-24-30-22-32(38)18-20-34(30)46-26-28-13-7-4-8-14-28/h3-8,11-14,17-24H,1-2,9-10,15-16,25-26H2,(H,41,43)(H,42,44)/b39-23+,40-24+. The van der Waals surface area contributed by atoms with Gasteiger partial charge in [-0.2, -0.15) is 10.2 Å². The van der Waals surface area contributed by atoms with E-state index in [0.29, 0.717) is 50.4 Å². The van der Waals surface area contributed by atoms with Crippen LogP contribution in [-0.2, 0) is 22.8 Å². The number of nitrogens with one attached hydrogen (secondary N) is 2. The van der Waals surface area contributed by atoms with Crippen LogP contribution >= 0.6 is 31.9 Å². The molecule has 2 amide bonds. The van der Waals surface area contributed by atoms with Crippen molar-refractivity contribution in [3.63, 3.8) is 0 Å². The fourth-order valence-corrected chi connectivity index (χ4v) is 5.12. The Kier molecular flexibility index (Phi) is 14.5. The number of amides is 2. The van der Waals surface area contributed by atoms with E-state index in [9.17, 15) is 9.59 Å². The highest BCUT2D eigenvalue weighted by Crippen LogP contribution is 2.24. The summed E-state index contributed by atoms with van der Waals surface area (Å²) in [5, 5.41) is 8.24. The van der Waals surface area contributed by atoms with Gasteiger partial charge in [-0.05, 0) is 60.4 Å². The minimum atomic E-state index is -0.162. The highest BCUT2D eigenvalue weighted by molar-refractivity contribution is 9.10. The minimum absolute atomic E-state index is 0.162. The van der Waals surface area contributed by atoms with Crippen LogP contribution in [0.15, 0.2) is 116 Å². The fraction of sp³-hybridized carbons (Fsp3) is 0.222. The third kappa shape index (κ3) is 12.6. The average molecular weight is 749 g/mol. The van der Waals surface area contributed by atoms with Gasteiger partial charge < -0.3 is 9.47 Å². The van der Waals surface area contributed by atoms with Gasteiger partial charge in [-0.25, -0.2) is 10.9 Å². The number of carbonyl (C=O) groups is 2. The maximum atomic E-state index is 12.3. The molecule has 0 saturated carbocycles. The van der Waals surface area contributed by atoms with E-state index in [1.54, 1.807) is 12.4 Å². The number of benzene rings is 4. The van der Waals surface area contributed by atoms with Crippen molar-refractivity contribution < 1.29 is 19.1 Å². The number of carbonyl (C=O) groups excluding carboxylic acids is 2. The van der Waals surface area contributed by atoms with Crippen LogP contribution in [0.1, 0.15) is 60.8 Å². The first-order valence-corrected chi connectivity index (χ1v) is 16.6. The number of ether oxygens (including phenoxy) is 2. The Morgan fingerprint density at radius 2 is 1.00 bits per heavy atom. The van der Waals surface area contributed by atoms with Crippen molar-refractivity contribution in [2.45, 2.75) is 51.7 Å². The zero-order valence-corrected chi connectivity index (χ0v) is 28.5. The number of halogens is 2. The van der Waals surface area contributed by atoms with E-state index in [4.69, 9.17) is 9.47 Å². The molecule has 0 radical (unpaired) electrons. The second-order valence-electron chi connectivity index (χ2n) is 10.4. The Labute approximate surface area is 286 Å². The first kappa shape index (κ1) is 34.6. The van der Waals surface area contributed by atoms with Crippen molar-refractivity contribution in [2.24, 2.45) is 10.2 Å². The second kappa shape index (κ2) is 19.3. The van der Waals surface area contributed by atoms with E-state index in [2.05, 4.69) is 52.9 Å². The molecule has 0 atom stereocenters. The fourth-order valence-electron chi connectivity index (χ4n) is 4.36. The molecule has 0 heterocycles. The van der Waals surface area contributed by atoms with Gasteiger partial charge in [0, 0.05) is 32.9 Å². The molecule has 0 aliphatic carbocycles. The highest BCUT2D eigenvalue weighted by atomic mass is 79.9. The zero-order chi connectivity index (χ0) is 32.4. The first-order chi connectivity index (χ1) is 22.5. The van der Waals surface area contributed by atoms with Gasteiger partial charge in [-0.15, -0.1) is 0 Å². The lowest BCUT2D eigenvalue weighted by Gasteiger charge is -2.10. The summed E-state index contributed by atoms with van der Waals surface area (Å²) in [6, 6.07) is 31.1. The summed E-state index contributed by atoms with van der Waals surface area (Å²) >= 11 is 6.95. The molecule has 238 valence electrons. The smallest absolute Gasteiger partial charge is 0.240 e. The molecule has 46 heavy (non-hydrogen) atoms. The van der Waals surface area contributed by atoms with Crippen molar-refractivity contribution >= 4 is 56.1 Å². The molecule has 0 aromatic heterocycles. The molecule has 2 N–H and O–H groups in total. The number of rotatable bonds is 17. The van der Waals surface area contributed by atoms with Crippen LogP contribution in [0.2, 0.25) is 0 Å². The molecule has 0 aliphatic heterocycles. The van der Waals surface area contributed by atoms with E-state index < -0.39 is 0 Å². The summed E-state index contributed by atoms with van der Waals surface area (Å²) in [7, 11) is 0. The van der Waals surface area contributed by atoms with Crippen molar-refractivity contribution in [3.8, 4) is 11.5 Å². The lowest BCUT2D eigenvalue weighted by molar-refractivity contribution is -0.122. The van der Waals surface area contributed by atoms with Crippen molar-refractivity contribution in [3.05, 3.63) is 128 Å². The summed E-state index contributed by atoms with van der Waals surface area (Å²) in [4.78, 5) is 24.5. The van der Waals surface area contributed by atoms with Crippen molar-refractivity contribution in [2.75, 3.05) is 0 Å². The Hall–Kier alpha value is -4.28. The van der Waals surface area contributed by atoms with Crippen LogP contribution in [0.25, 0.3) is 0 Å². The topological polar surface area (TPSA) is 101 Å². The monoisotopic (exact) mass is 746 g/mol. The molecule has 0 unspecified atom stereocenters. The van der Waals surface area contributed by atoms with E-state index in [-0.39, 0.29) is 11.8 Å². The molecule has 10 heteroatoms. The number of hydrogen-bond donors (Lipinski definition) is 2. The summed E-state index contributed by atoms with van der Waals surface area (Å²) in [6.45, 7) is 0.866. The van der Waals surface area contributed by atoms with Gasteiger partial charge in [-0.1, -0.05) is 105 Å². The maximum absolute atomic E-state index is 12.3. The van der Waals surface area contributed by atoms with Gasteiger partial charge in [0.1, 0.15) is 24.7 Å². The average Bonchev–Trinajstić information content (AvgIpc) is 3.06. The molecule has 8 nitrogen and oxygen atoms in total. The third-order valence-corrected chi connectivity index (χ3v) is 7.75. The van der Waals surface area contributed by atoms with Crippen LogP contribution in [0.5, 0.6) is 11.5 Å². The molecule has 0 bridgehead atoms. The van der Waals surface area contributed by atoms with Crippen LogP contribution in [0, 0.1) is 0 Å². The second-order valence-corrected chi connectivity index (χ2v) is 12.2. The Morgan fingerprint density at radius 3 is 1.41 bits per heavy atom. The molecule has 0 spiro atoms. The summed E-state index contributed by atoms with van der Waals surface area (Å²) in [6.07, 6.45) is 6.94. The normalized spacial score (nSPS) is 11.1. The molecule has 4 aromatic carbocycles. The van der Waals surface area contributed by atoms with Crippen LogP contribution in [-0.4, -0.2) is 24.2 Å². The Bertz CT molecular complexity index is 1490. The molecule has 0 fully saturated rings. The molecule has 0 aliphatic rings. The first-order valence-electron chi connectivity index (χ1n) is 15.0. The Morgan fingerprint density at radius 1 is 0.587 bits per heavy atom. The quantitative estimate of drug-likeness (QED) is 0.0645. The maximum Gasteiger partial charge on any atom is 0.240 e. The summed E-state index contributed by atoms with van der Waals surface area (Å²) in [5.74, 6) is 1.02. The summed E-state index contributed by atoms with van der Waals surface area (Å²) in [5.41, 5.74) is 8.80. The summed E-state index contributed by atoms with van der Waals surface area (Å²) < 4.78 is 13.7. The van der Waals surface area contributed by atoms with Crippen molar-refractivity contribution in [1.82, 2.24) is 10.9 Å².